The lowest BCUT2D eigenvalue weighted by atomic mass is 9.91. The Morgan fingerprint density at radius 2 is 1.91 bits per heavy atom. The van der Waals surface area contributed by atoms with Crippen molar-refractivity contribution in [1.82, 2.24) is 18.7 Å². The zero-order chi connectivity index (χ0) is 27.2. The van der Waals surface area contributed by atoms with Crippen LogP contribution in [0.3, 0.4) is 0 Å². The molecule has 1 fully saturated rings. The molecule has 0 N–H and O–H groups in total. The van der Waals surface area contributed by atoms with Crippen LogP contribution in [-0.2, 0) is 16.4 Å². The third-order valence-corrected chi connectivity index (χ3v) is 8.58. The third kappa shape index (κ3) is 4.70. The summed E-state index contributed by atoms with van der Waals surface area (Å²) in [7, 11) is -3.23. The molecule has 0 unspecified atom stereocenters. The summed E-state index contributed by atoms with van der Waals surface area (Å²) in [5.41, 5.74) is 3.51. The first-order valence-electron chi connectivity index (χ1n) is 12.9. The van der Waals surface area contributed by atoms with E-state index in [0.717, 1.165) is 5.56 Å². The van der Waals surface area contributed by atoms with E-state index < -0.39 is 17.0 Å². The van der Waals surface area contributed by atoms with Gasteiger partial charge < -0.3 is 4.90 Å². The number of hydrogen-bond acceptors (Lipinski definition) is 6. The predicted octanol–water partition coefficient (Wildman–Crippen LogP) is 5.07. The summed E-state index contributed by atoms with van der Waals surface area (Å²) in [6, 6.07) is 9.78. The molecule has 0 saturated carbocycles. The number of aromatic nitrogens is 3. The van der Waals surface area contributed by atoms with Gasteiger partial charge in [0, 0.05) is 41.3 Å². The van der Waals surface area contributed by atoms with Crippen LogP contribution in [-0.4, -0.2) is 53.4 Å². The lowest BCUT2D eigenvalue weighted by Gasteiger charge is -2.30. The van der Waals surface area contributed by atoms with Gasteiger partial charge in [0.25, 0.3) is 0 Å². The van der Waals surface area contributed by atoms with E-state index in [4.69, 9.17) is 9.10 Å². The van der Waals surface area contributed by atoms with Gasteiger partial charge in [0.1, 0.15) is 17.3 Å². The van der Waals surface area contributed by atoms with E-state index in [1.807, 2.05) is 29.7 Å². The van der Waals surface area contributed by atoms with Gasteiger partial charge in [-0.2, -0.15) is 0 Å². The highest BCUT2D eigenvalue weighted by molar-refractivity contribution is 7.88. The van der Waals surface area contributed by atoms with Crippen LogP contribution in [0.25, 0.3) is 16.9 Å². The van der Waals surface area contributed by atoms with Crippen LogP contribution in [0, 0.1) is 5.82 Å². The topological polar surface area (TPSA) is 70.8 Å². The van der Waals surface area contributed by atoms with Crippen LogP contribution in [0.1, 0.15) is 41.1 Å². The highest BCUT2D eigenvalue weighted by atomic mass is 32.2. The van der Waals surface area contributed by atoms with E-state index in [9.17, 15) is 12.8 Å². The van der Waals surface area contributed by atoms with Crippen molar-refractivity contribution in [3.05, 3.63) is 65.0 Å². The molecule has 10 heteroatoms. The third-order valence-electron chi connectivity index (χ3n) is 6.45. The van der Waals surface area contributed by atoms with Crippen LogP contribution >= 0.6 is 11.3 Å². The van der Waals surface area contributed by atoms with Gasteiger partial charge in [0.2, 0.25) is 10.0 Å². The molecule has 0 atom stereocenters. The number of pyridine rings is 1. The van der Waals surface area contributed by atoms with Crippen molar-refractivity contribution >= 4 is 38.0 Å². The van der Waals surface area contributed by atoms with E-state index in [1.165, 1.54) is 38.9 Å². The molecule has 0 spiro atoms. The summed E-state index contributed by atoms with van der Waals surface area (Å²) in [5.74, 6) is 0.214. The van der Waals surface area contributed by atoms with Crippen LogP contribution < -0.4 is 4.90 Å². The molecule has 0 bridgehead atoms. The highest BCUT2D eigenvalue weighted by Crippen LogP contribution is 2.35. The molecule has 35 heavy (non-hydrogen) atoms. The number of anilines is 2. The summed E-state index contributed by atoms with van der Waals surface area (Å²) in [4.78, 5) is 10.6. The number of sulfonamides is 1. The maximum absolute atomic E-state index is 13.4. The Morgan fingerprint density at radius 1 is 1.17 bits per heavy atom. The minimum absolute atomic E-state index is 0.142. The van der Waals surface area contributed by atoms with Crippen molar-refractivity contribution in [2.45, 2.75) is 32.1 Å². The number of halogens is 1. The number of benzene rings is 1. The molecule has 1 aliphatic heterocycles. The summed E-state index contributed by atoms with van der Waals surface area (Å²) in [6.45, 7) is 0.279. The van der Waals surface area contributed by atoms with Gasteiger partial charge in [-0.15, -0.1) is 11.3 Å². The van der Waals surface area contributed by atoms with E-state index in [-0.39, 0.29) is 16.9 Å². The van der Waals surface area contributed by atoms with Gasteiger partial charge in [0.15, 0.2) is 5.13 Å². The van der Waals surface area contributed by atoms with Crippen LogP contribution in [0.2, 0.25) is 0 Å². The molecule has 3 aromatic heterocycles. The first-order valence-corrected chi connectivity index (χ1v) is 14.2. The first kappa shape index (κ1) is 20.4. The minimum atomic E-state index is -3.23. The van der Waals surface area contributed by atoms with E-state index in [0.29, 0.717) is 60.8 Å². The second-order valence-corrected chi connectivity index (χ2v) is 11.5. The Labute approximate surface area is 213 Å². The fourth-order valence-electron chi connectivity index (χ4n) is 4.54. The van der Waals surface area contributed by atoms with Crippen LogP contribution in [0.15, 0.2) is 48.0 Å². The number of thiazole rings is 1. The molecule has 0 radical (unpaired) electrons. The van der Waals surface area contributed by atoms with Gasteiger partial charge >= 0.3 is 0 Å². The number of hydrogen-bond donors (Lipinski definition) is 0. The smallest absolute Gasteiger partial charge is 0.211 e. The standard InChI is InChI=1S/C25H28FN5O2S2/c1-4-21-24(29(2)25-28-22(16-34-25)18-5-8-20(26)9-6-18)31-15-19(7-10-23(31)27-21)17-11-13-30(14-12-17)35(3,32)33/h5-10,15-17H,4,11-14H2,1-3H3/i2D3. The molecule has 1 aromatic carbocycles. The Balaban J connectivity index is 1.56. The van der Waals surface area contributed by atoms with Crippen LogP contribution in [0.5, 0.6) is 0 Å². The van der Waals surface area contributed by atoms with E-state index in [2.05, 4.69) is 4.98 Å². The largest absolute Gasteiger partial charge is 0.305 e. The van der Waals surface area contributed by atoms with E-state index >= 15 is 0 Å². The van der Waals surface area contributed by atoms with Gasteiger partial charge in [-0.05, 0) is 61.1 Å². The summed E-state index contributed by atoms with van der Waals surface area (Å²) in [6.07, 6.45) is 5.03. The number of aryl methyl sites for hydroxylation is 1. The maximum atomic E-state index is 13.4. The Kier molecular flexibility index (Phi) is 5.43. The number of rotatable bonds is 6. The molecule has 0 amide bonds. The molecule has 7 nitrogen and oxygen atoms in total. The fourth-order valence-corrected chi connectivity index (χ4v) is 6.17. The number of imidazole rings is 1. The lowest BCUT2D eigenvalue weighted by Crippen LogP contribution is -2.37. The normalized spacial score (nSPS) is 17.3. The SMILES string of the molecule is [2H]C([2H])([2H])N(c1nc(-c2ccc(F)cc2)cs1)c1c(CC)nc2ccc(C3CCN(S(C)(=O)=O)CC3)cn12. The zero-order valence-electron chi connectivity index (χ0n) is 22.5. The average molecular weight is 517 g/mol. The van der Waals surface area contributed by atoms with Gasteiger partial charge in [-0.3, -0.25) is 4.40 Å². The Bertz CT molecular complexity index is 1560. The van der Waals surface area contributed by atoms with Gasteiger partial charge in [0.05, 0.1) is 17.6 Å². The van der Waals surface area contributed by atoms with Crippen LogP contribution in [0.4, 0.5) is 15.3 Å². The number of nitrogens with zero attached hydrogens (tertiary/aromatic N) is 5. The van der Waals surface area contributed by atoms with Gasteiger partial charge in [-0.1, -0.05) is 13.0 Å². The van der Waals surface area contributed by atoms with Crippen molar-refractivity contribution in [2.75, 3.05) is 31.2 Å². The molecule has 4 heterocycles. The first-order chi connectivity index (χ1) is 18.0. The van der Waals surface area contributed by atoms with Crippen molar-refractivity contribution in [2.24, 2.45) is 0 Å². The average Bonchev–Trinajstić information content (AvgIpc) is 3.48. The van der Waals surface area contributed by atoms with Crippen molar-refractivity contribution in [3.63, 3.8) is 0 Å². The molecule has 5 rings (SSSR count). The van der Waals surface area contributed by atoms with E-state index in [1.54, 1.807) is 17.5 Å². The highest BCUT2D eigenvalue weighted by Gasteiger charge is 2.27. The summed E-state index contributed by atoms with van der Waals surface area (Å²) < 4.78 is 65.8. The molecule has 4 aromatic rings. The molecule has 184 valence electrons. The zero-order valence-corrected chi connectivity index (χ0v) is 21.1. The number of piperidine rings is 1. The second-order valence-electron chi connectivity index (χ2n) is 8.72. The number of fused-ring (bicyclic) bond motifs is 1. The molecule has 1 saturated heterocycles. The quantitative estimate of drug-likeness (QED) is 0.358. The van der Waals surface area contributed by atoms with Crippen molar-refractivity contribution in [3.8, 4) is 11.3 Å². The fraction of sp³-hybridized carbons (Fsp3) is 0.360. The van der Waals surface area contributed by atoms with Crippen molar-refractivity contribution in [1.29, 1.82) is 0 Å². The Morgan fingerprint density at radius 3 is 2.57 bits per heavy atom. The van der Waals surface area contributed by atoms with Gasteiger partial charge in [-0.25, -0.2) is 27.1 Å². The van der Waals surface area contributed by atoms with Crippen molar-refractivity contribution < 1.29 is 16.9 Å². The lowest BCUT2D eigenvalue weighted by molar-refractivity contribution is 0.321. The second kappa shape index (κ2) is 9.33. The molecular formula is C25H28FN5O2S2. The predicted molar refractivity (Wildman–Crippen MR) is 139 cm³/mol. The molecule has 0 aliphatic carbocycles. The summed E-state index contributed by atoms with van der Waals surface area (Å²) in [5, 5.41) is 2.05. The minimum Gasteiger partial charge on any atom is -0.305 e. The Hall–Kier alpha value is -2.82. The summed E-state index contributed by atoms with van der Waals surface area (Å²) >= 11 is 1.20. The molecular weight excluding hydrogens is 485 g/mol. The molecule has 1 aliphatic rings. The maximum Gasteiger partial charge on any atom is 0.211 e. The monoisotopic (exact) mass is 516 g/mol.